The normalized spacial score (nSPS) is 13.5. The molecule has 0 saturated heterocycles. The van der Waals surface area contributed by atoms with Crippen molar-refractivity contribution in [1.82, 2.24) is 19.8 Å². The number of carbonyl (C=O) groups is 4. The Hall–Kier alpha value is -3.83. The van der Waals surface area contributed by atoms with E-state index < -0.39 is 40.9 Å². The van der Waals surface area contributed by atoms with Crippen molar-refractivity contribution in [2.75, 3.05) is 37.4 Å². The summed E-state index contributed by atoms with van der Waals surface area (Å²) in [5.41, 5.74) is 6.16. The second kappa shape index (κ2) is 25.9. The monoisotopic (exact) mass is 1040 g/mol. The van der Waals surface area contributed by atoms with Gasteiger partial charge in [-0.1, -0.05) is 36.4 Å². The molecule has 2 aliphatic heterocycles. The Morgan fingerprint density at radius 1 is 0.662 bits per heavy atom. The number of phosphoric ester groups is 2. The van der Waals surface area contributed by atoms with Crippen LogP contribution in [0.2, 0.25) is 0 Å². The van der Waals surface area contributed by atoms with E-state index in [2.05, 4.69) is 19.0 Å². The first kappa shape index (κ1) is 59.7. The number of rotatable bonds is 14. The zero-order chi connectivity index (χ0) is 48.9. The van der Waals surface area contributed by atoms with Crippen LogP contribution in [0.3, 0.4) is 0 Å². The summed E-state index contributed by atoms with van der Waals surface area (Å²) in [6.45, 7) is 3.10. The molecule has 0 N–H and O–H groups in total. The van der Waals surface area contributed by atoms with Crippen LogP contribution in [-0.4, -0.2) is 94.0 Å². The second-order valence-electron chi connectivity index (χ2n) is 15.9. The van der Waals surface area contributed by atoms with Crippen LogP contribution < -0.4 is 88.5 Å². The maximum Gasteiger partial charge on any atom is 2.00 e. The van der Waals surface area contributed by atoms with Crippen LogP contribution in [0.25, 0.3) is 34.1 Å². The predicted octanol–water partition coefficient (Wildman–Crippen LogP) is -2.59. The quantitative estimate of drug-likeness (QED) is 0.0615. The number of fused-ring (bicyclic) bond motifs is 4. The number of benzene rings is 2. The van der Waals surface area contributed by atoms with Crippen LogP contribution in [0, 0.1) is 13.8 Å². The van der Waals surface area contributed by atoms with Gasteiger partial charge in [-0.3, -0.25) is 29.0 Å². The van der Waals surface area contributed by atoms with Gasteiger partial charge >= 0.3 is 82.2 Å². The van der Waals surface area contributed by atoms with E-state index in [-0.39, 0.29) is 118 Å². The number of furan rings is 2. The Bertz CT molecular complexity index is 2880. The SMILES string of the molecule is Cc1c(CN(C)C(=O)/C=C/c2cnc3c(c2)CCC(=O)N3COP(=O)([O-])[O-])oc2ccccc12.Cc1c(CN(C)C(=O)/C=C/c2cnc3c(c2)CCC(=O)N3COP(=O)([O-])[O-])oc2ccccc12.[Mg+2].[Na+].[Na+]. The molecule has 20 nitrogen and oxygen atoms in total. The first-order valence-corrected chi connectivity index (χ1v) is 23.9. The van der Waals surface area contributed by atoms with Gasteiger partial charge in [-0.15, -0.1) is 0 Å². The number of pyridine rings is 2. The molecule has 71 heavy (non-hydrogen) atoms. The minimum atomic E-state index is -5.23. The number of likely N-dealkylation sites (N-methyl/N-ethyl adjacent to an activating group) is 2. The van der Waals surface area contributed by atoms with Crippen molar-refractivity contribution in [2.24, 2.45) is 0 Å². The molecule has 25 heteroatoms. The van der Waals surface area contributed by atoms with Crippen LogP contribution in [-0.2, 0) is 63.3 Å². The molecule has 2 aliphatic rings. The number of hydrogen-bond acceptors (Lipinski definition) is 16. The van der Waals surface area contributed by atoms with Gasteiger partial charge in [-0.2, -0.15) is 0 Å². The van der Waals surface area contributed by atoms with E-state index in [0.717, 1.165) is 42.9 Å². The van der Waals surface area contributed by atoms with Gasteiger partial charge in [0.05, 0.1) is 28.7 Å². The summed E-state index contributed by atoms with van der Waals surface area (Å²) in [5.74, 6) is 0.635. The van der Waals surface area contributed by atoms with Gasteiger partial charge in [-0.05, 0) is 85.4 Å². The summed E-state index contributed by atoms with van der Waals surface area (Å²) in [5, 5.41) is 2.03. The number of carbonyl (C=O) groups excluding carboxylic acids is 4. The zero-order valence-corrected chi connectivity index (χ0v) is 47.1. The van der Waals surface area contributed by atoms with E-state index in [9.17, 15) is 47.9 Å². The third-order valence-electron chi connectivity index (χ3n) is 11.2. The van der Waals surface area contributed by atoms with Crippen molar-refractivity contribution in [3.63, 3.8) is 0 Å². The molecule has 4 amide bonds. The van der Waals surface area contributed by atoms with Crippen molar-refractivity contribution < 1.29 is 125 Å². The van der Waals surface area contributed by atoms with Crippen molar-refractivity contribution in [2.45, 2.75) is 52.6 Å². The van der Waals surface area contributed by atoms with E-state index in [1.54, 1.807) is 38.4 Å². The van der Waals surface area contributed by atoms with Crippen LogP contribution >= 0.6 is 15.6 Å². The Morgan fingerprint density at radius 3 is 1.38 bits per heavy atom. The van der Waals surface area contributed by atoms with Crippen LogP contribution in [0.15, 0.2) is 94.0 Å². The minimum Gasteiger partial charge on any atom is -0.790 e. The molecule has 6 heterocycles. The third kappa shape index (κ3) is 15.6. The maximum atomic E-state index is 12.6. The molecule has 0 radical (unpaired) electrons. The van der Waals surface area contributed by atoms with Gasteiger partial charge in [0, 0.05) is 73.4 Å². The summed E-state index contributed by atoms with van der Waals surface area (Å²) in [6, 6.07) is 18.9. The molecule has 0 spiro atoms. The molecule has 0 unspecified atom stereocenters. The van der Waals surface area contributed by atoms with E-state index in [1.165, 1.54) is 34.3 Å². The molecule has 6 aromatic rings. The molecule has 0 saturated carbocycles. The van der Waals surface area contributed by atoms with Gasteiger partial charge in [-0.25, -0.2) is 9.97 Å². The topological polar surface area (TPSA) is 278 Å². The number of amides is 4. The fourth-order valence-corrected chi connectivity index (χ4v) is 8.03. The van der Waals surface area contributed by atoms with E-state index in [1.807, 2.05) is 62.4 Å². The zero-order valence-electron chi connectivity index (χ0n) is 39.9. The Kier molecular flexibility index (Phi) is 21.8. The van der Waals surface area contributed by atoms with Crippen LogP contribution in [0.5, 0.6) is 0 Å². The first-order valence-electron chi connectivity index (χ1n) is 21.0. The van der Waals surface area contributed by atoms with E-state index in [0.29, 0.717) is 59.7 Å². The fraction of sp³-hybridized carbons (Fsp3) is 0.261. The average Bonchev–Trinajstić information content (AvgIpc) is 3.79. The number of phosphoric acid groups is 2. The van der Waals surface area contributed by atoms with Crippen molar-refractivity contribution in [3.8, 4) is 0 Å². The Balaban J connectivity index is 0.000000296. The molecule has 0 atom stereocenters. The summed E-state index contributed by atoms with van der Waals surface area (Å²) in [7, 11) is -7.10. The second-order valence-corrected chi connectivity index (χ2v) is 18.2. The number of anilines is 2. The summed E-state index contributed by atoms with van der Waals surface area (Å²) < 4.78 is 41.8. The molecule has 8 rings (SSSR count). The predicted molar refractivity (Wildman–Crippen MR) is 246 cm³/mol. The van der Waals surface area contributed by atoms with E-state index in [4.69, 9.17) is 8.83 Å². The molecule has 0 aliphatic carbocycles. The van der Waals surface area contributed by atoms with E-state index >= 15 is 0 Å². The summed E-state index contributed by atoms with van der Waals surface area (Å²) in [4.78, 5) is 106. The molecule has 0 fully saturated rings. The maximum absolute atomic E-state index is 12.6. The Labute approximate surface area is 468 Å². The van der Waals surface area contributed by atoms with Crippen molar-refractivity contribution >= 4 is 108 Å². The van der Waals surface area contributed by atoms with Gasteiger partial charge in [0.15, 0.2) is 0 Å². The molecule has 356 valence electrons. The van der Waals surface area contributed by atoms with Gasteiger partial charge in [0.1, 0.15) is 47.8 Å². The smallest absolute Gasteiger partial charge is 0.790 e. The standard InChI is InChI=1S/2C23H24N3O7P.Mg.2Na/c2*1-15-18-5-3-4-6-19(18)33-20(15)13-25(2)21(27)9-7-16-11-17-8-10-22(28)26(23(17)24-12-16)14-32-34(29,30)31;;;/h2*3-7,9,11-12H,8,10,13-14H2,1-2H3,(H2,29,30,31);;;/q;;+2;2*+1/p-4/b2*9-7+;;;. The van der Waals surface area contributed by atoms with Gasteiger partial charge in [0.25, 0.3) is 0 Å². The average molecular weight is 1040 g/mol. The molecule has 0 bridgehead atoms. The molecular formula is C46H44MgN6Na2O14P2. The van der Waals surface area contributed by atoms with Gasteiger partial charge < -0.3 is 56.4 Å². The molecule has 4 aromatic heterocycles. The van der Waals surface area contributed by atoms with Crippen molar-refractivity contribution in [1.29, 1.82) is 0 Å². The third-order valence-corrected chi connectivity index (χ3v) is 12.0. The van der Waals surface area contributed by atoms with Crippen molar-refractivity contribution in [3.05, 3.63) is 130 Å². The number of aryl methyl sites for hydroxylation is 4. The number of aromatic nitrogens is 2. The fourth-order valence-electron chi connectivity index (χ4n) is 7.52. The molecule has 2 aromatic carbocycles. The first-order chi connectivity index (χ1) is 32.2. The number of nitrogens with zero attached hydrogens (tertiary/aromatic N) is 6. The van der Waals surface area contributed by atoms with Crippen LogP contribution in [0.1, 0.15) is 57.7 Å². The Morgan fingerprint density at radius 2 is 1.03 bits per heavy atom. The van der Waals surface area contributed by atoms with Gasteiger partial charge in [0.2, 0.25) is 23.6 Å². The number of para-hydroxylation sites is 2. The molecular weight excluding hydrogens is 993 g/mol. The number of hydrogen-bond donors (Lipinski definition) is 0. The summed E-state index contributed by atoms with van der Waals surface area (Å²) >= 11 is 0. The van der Waals surface area contributed by atoms with Crippen LogP contribution in [0.4, 0.5) is 11.6 Å². The minimum absolute atomic E-state index is 0. The summed E-state index contributed by atoms with van der Waals surface area (Å²) in [6.07, 6.45) is 9.98. The largest absolute Gasteiger partial charge is 2.00 e.